The molecule has 164 valence electrons. The maximum atomic E-state index is 14.7. The summed E-state index contributed by atoms with van der Waals surface area (Å²) in [5, 5.41) is 13.8. The SMILES string of the molecule is O=C1CC(C(=O)Nc2ccc(F)c(-c3nnc4n3CCCCC4)c2)c2ccc(F)cc2N1. The Bertz CT molecular complexity index is 1220. The molecule has 1 atom stereocenters. The van der Waals surface area contributed by atoms with Gasteiger partial charge in [-0.25, -0.2) is 8.78 Å². The van der Waals surface area contributed by atoms with E-state index in [2.05, 4.69) is 20.8 Å². The zero-order valence-corrected chi connectivity index (χ0v) is 17.2. The maximum absolute atomic E-state index is 14.7. The fourth-order valence-corrected chi connectivity index (χ4v) is 4.36. The highest BCUT2D eigenvalue weighted by atomic mass is 19.1. The van der Waals surface area contributed by atoms with Crippen molar-refractivity contribution in [2.75, 3.05) is 10.6 Å². The minimum absolute atomic E-state index is 0.0593. The molecule has 3 heterocycles. The summed E-state index contributed by atoms with van der Waals surface area (Å²) in [6.45, 7) is 0.720. The van der Waals surface area contributed by atoms with E-state index in [-0.39, 0.29) is 23.6 Å². The average Bonchev–Trinajstić information content (AvgIpc) is 3.01. The first-order chi connectivity index (χ1) is 15.5. The number of carbonyl (C=O) groups is 2. The molecule has 2 aliphatic rings. The van der Waals surface area contributed by atoms with E-state index in [1.807, 2.05) is 4.57 Å². The van der Waals surface area contributed by atoms with Gasteiger partial charge in [0, 0.05) is 30.8 Å². The summed E-state index contributed by atoms with van der Waals surface area (Å²) in [6.07, 6.45) is 3.82. The predicted octanol–water partition coefficient (Wildman–Crippen LogP) is 4.01. The molecule has 0 saturated heterocycles. The zero-order valence-electron chi connectivity index (χ0n) is 17.2. The summed E-state index contributed by atoms with van der Waals surface area (Å²) in [6, 6.07) is 8.22. The molecule has 0 bridgehead atoms. The zero-order chi connectivity index (χ0) is 22.2. The molecule has 5 rings (SSSR count). The van der Waals surface area contributed by atoms with Gasteiger partial charge in [-0.05, 0) is 48.7 Å². The van der Waals surface area contributed by atoms with Crippen molar-refractivity contribution >= 4 is 23.2 Å². The third-order valence-electron chi connectivity index (χ3n) is 5.96. The minimum Gasteiger partial charge on any atom is -0.326 e. The molecule has 0 aliphatic carbocycles. The van der Waals surface area contributed by atoms with Crippen LogP contribution < -0.4 is 10.6 Å². The van der Waals surface area contributed by atoms with Crippen LogP contribution in [0.25, 0.3) is 11.4 Å². The van der Waals surface area contributed by atoms with Gasteiger partial charge in [-0.2, -0.15) is 0 Å². The van der Waals surface area contributed by atoms with E-state index in [0.717, 1.165) is 38.1 Å². The van der Waals surface area contributed by atoms with Gasteiger partial charge in [-0.15, -0.1) is 10.2 Å². The molecule has 2 aliphatic heterocycles. The van der Waals surface area contributed by atoms with Gasteiger partial charge in [0.15, 0.2) is 5.82 Å². The summed E-state index contributed by atoms with van der Waals surface area (Å²) in [4.78, 5) is 25.1. The number of anilines is 2. The van der Waals surface area contributed by atoms with Crippen LogP contribution in [0.3, 0.4) is 0 Å². The van der Waals surface area contributed by atoms with Crippen LogP contribution >= 0.6 is 0 Å². The Kier molecular flexibility index (Phi) is 5.16. The van der Waals surface area contributed by atoms with Gasteiger partial charge < -0.3 is 15.2 Å². The van der Waals surface area contributed by atoms with Crippen molar-refractivity contribution in [3.05, 3.63) is 59.4 Å². The van der Waals surface area contributed by atoms with Crippen molar-refractivity contribution in [2.45, 2.75) is 44.6 Å². The molecule has 2 N–H and O–H groups in total. The van der Waals surface area contributed by atoms with E-state index >= 15 is 0 Å². The fraction of sp³-hybridized carbons (Fsp3) is 0.304. The summed E-state index contributed by atoms with van der Waals surface area (Å²) < 4.78 is 30.2. The first-order valence-corrected chi connectivity index (χ1v) is 10.6. The Morgan fingerprint density at radius 3 is 2.84 bits per heavy atom. The topological polar surface area (TPSA) is 88.9 Å². The van der Waals surface area contributed by atoms with Gasteiger partial charge in [-0.3, -0.25) is 9.59 Å². The van der Waals surface area contributed by atoms with Crippen LogP contribution in [0.15, 0.2) is 36.4 Å². The van der Waals surface area contributed by atoms with Gasteiger partial charge in [0.25, 0.3) is 0 Å². The molecular formula is C23H21F2N5O2. The second-order valence-electron chi connectivity index (χ2n) is 8.12. The number of aromatic nitrogens is 3. The minimum atomic E-state index is -0.780. The Balaban J connectivity index is 1.44. The maximum Gasteiger partial charge on any atom is 0.232 e. The predicted molar refractivity (Wildman–Crippen MR) is 114 cm³/mol. The number of hydrogen-bond acceptors (Lipinski definition) is 4. The number of aryl methyl sites for hydroxylation is 1. The summed E-state index contributed by atoms with van der Waals surface area (Å²) >= 11 is 0. The van der Waals surface area contributed by atoms with Gasteiger partial charge in [0.05, 0.1) is 11.5 Å². The molecule has 7 nitrogen and oxygen atoms in total. The van der Waals surface area contributed by atoms with Crippen molar-refractivity contribution < 1.29 is 18.4 Å². The third kappa shape index (κ3) is 3.74. The van der Waals surface area contributed by atoms with Crippen molar-refractivity contribution in [3.8, 4) is 11.4 Å². The van der Waals surface area contributed by atoms with Crippen LogP contribution in [0.2, 0.25) is 0 Å². The van der Waals surface area contributed by atoms with Crippen molar-refractivity contribution in [2.24, 2.45) is 0 Å². The number of hydrogen-bond donors (Lipinski definition) is 2. The molecule has 9 heteroatoms. The number of nitrogens with one attached hydrogen (secondary N) is 2. The number of halogens is 2. The Morgan fingerprint density at radius 2 is 1.97 bits per heavy atom. The van der Waals surface area contributed by atoms with Gasteiger partial charge >= 0.3 is 0 Å². The highest BCUT2D eigenvalue weighted by Gasteiger charge is 2.31. The Labute approximate surface area is 182 Å². The van der Waals surface area contributed by atoms with Crippen LogP contribution in [0.4, 0.5) is 20.2 Å². The number of amides is 2. The lowest BCUT2D eigenvalue weighted by molar-refractivity contribution is -0.123. The van der Waals surface area contributed by atoms with Crippen LogP contribution in [-0.4, -0.2) is 26.6 Å². The summed E-state index contributed by atoms with van der Waals surface area (Å²) in [7, 11) is 0. The van der Waals surface area contributed by atoms with Crippen molar-refractivity contribution in [1.82, 2.24) is 14.8 Å². The summed E-state index contributed by atoms with van der Waals surface area (Å²) in [5.74, 6) is -1.26. The molecule has 32 heavy (non-hydrogen) atoms. The molecule has 1 unspecified atom stereocenters. The number of benzene rings is 2. The molecule has 2 amide bonds. The summed E-state index contributed by atoms with van der Waals surface area (Å²) in [5.41, 5.74) is 1.46. The van der Waals surface area contributed by atoms with Crippen LogP contribution in [-0.2, 0) is 22.6 Å². The molecule has 0 saturated carbocycles. The van der Waals surface area contributed by atoms with Crippen LogP contribution in [0.1, 0.15) is 43.0 Å². The molecule has 3 aromatic rings. The van der Waals surface area contributed by atoms with Gasteiger partial charge in [-0.1, -0.05) is 12.5 Å². The normalized spacial score (nSPS) is 17.7. The molecule has 0 fully saturated rings. The van der Waals surface area contributed by atoms with Gasteiger partial charge in [0.1, 0.15) is 17.5 Å². The average molecular weight is 437 g/mol. The van der Waals surface area contributed by atoms with E-state index in [0.29, 0.717) is 17.1 Å². The van der Waals surface area contributed by atoms with E-state index in [9.17, 15) is 18.4 Å². The standard InChI is InChI=1S/C23H21F2N5O2/c24-13-5-7-15-16(12-21(31)27-19(15)10-13)23(32)26-14-6-8-18(25)17(11-14)22-29-28-20-4-2-1-3-9-30(20)22/h5-8,10-11,16H,1-4,9,12H2,(H,26,32)(H,27,31). The molecule has 2 aromatic carbocycles. The molecular weight excluding hydrogens is 416 g/mol. The number of fused-ring (bicyclic) bond motifs is 2. The molecule has 0 radical (unpaired) electrons. The number of rotatable bonds is 3. The fourth-order valence-electron chi connectivity index (χ4n) is 4.36. The quantitative estimate of drug-likeness (QED) is 0.648. The van der Waals surface area contributed by atoms with E-state index in [1.54, 1.807) is 0 Å². The lowest BCUT2D eigenvalue weighted by atomic mass is 9.89. The highest BCUT2D eigenvalue weighted by Crippen LogP contribution is 2.34. The Hall–Kier alpha value is -3.62. The van der Waals surface area contributed by atoms with Crippen LogP contribution in [0.5, 0.6) is 0 Å². The largest absolute Gasteiger partial charge is 0.326 e. The second kappa shape index (κ2) is 8.14. The lowest BCUT2D eigenvalue weighted by Gasteiger charge is -2.25. The second-order valence-corrected chi connectivity index (χ2v) is 8.12. The van der Waals surface area contributed by atoms with E-state index < -0.39 is 23.5 Å². The lowest BCUT2D eigenvalue weighted by Crippen LogP contribution is -2.30. The number of nitrogens with zero attached hydrogens (tertiary/aromatic N) is 3. The Morgan fingerprint density at radius 1 is 1.09 bits per heavy atom. The van der Waals surface area contributed by atoms with Crippen molar-refractivity contribution in [1.29, 1.82) is 0 Å². The first-order valence-electron chi connectivity index (χ1n) is 10.6. The monoisotopic (exact) mass is 437 g/mol. The molecule has 0 spiro atoms. The molecule has 1 aromatic heterocycles. The van der Waals surface area contributed by atoms with Crippen molar-refractivity contribution in [3.63, 3.8) is 0 Å². The smallest absolute Gasteiger partial charge is 0.232 e. The number of carbonyl (C=O) groups excluding carboxylic acids is 2. The first kappa shape index (κ1) is 20.3. The van der Waals surface area contributed by atoms with E-state index in [4.69, 9.17) is 0 Å². The van der Waals surface area contributed by atoms with E-state index in [1.165, 1.54) is 36.4 Å². The third-order valence-corrected chi connectivity index (χ3v) is 5.96. The van der Waals surface area contributed by atoms with Crippen LogP contribution in [0, 0.1) is 11.6 Å². The van der Waals surface area contributed by atoms with Gasteiger partial charge in [0.2, 0.25) is 11.8 Å². The highest BCUT2D eigenvalue weighted by molar-refractivity contribution is 6.05.